The van der Waals surface area contributed by atoms with E-state index in [2.05, 4.69) is 10.6 Å². The molecule has 0 atom stereocenters. The van der Waals surface area contributed by atoms with Crippen LogP contribution in [0.25, 0.3) is 0 Å². The number of carbonyl (C=O) groups is 2. The Kier molecular flexibility index (Phi) is 4.95. The Morgan fingerprint density at radius 2 is 1.85 bits per heavy atom. The quantitative estimate of drug-likeness (QED) is 0.801. The number of carbonyl (C=O) groups excluding carboxylic acids is 2. The highest BCUT2D eigenvalue weighted by Crippen LogP contribution is 2.55. The van der Waals surface area contributed by atoms with Crippen LogP contribution in [0.5, 0.6) is 0 Å². The summed E-state index contributed by atoms with van der Waals surface area (Å²) < 4.78 is 0. The third-order valence-corrected chi connectivity index (χ3v) is 7.30. The molecule has 1 aromatic heterocycles. The zero-order chi connectivity index (χ0) is 18.1. The first-order chi connectivity index (χ1) is 12.5. The van der Waals surface area contributed by atoms with Gasteiger partial charge in [0.05, 0.1) is 6.54 Å². The van der Waals surface area contributed by atoms with Gasteiger partial charge in [0.2, 0.25) is 5.91 Å². The molecule has 5 nitrogen and oxygen atoms in total. The van der Waals surface area contributed by atoms with E-state index in [0.29, 0.717) is 19.5 Å². The maximum absolute atomic E-state index is 12.4. The zero-order valence-electron chi connectivity index (χ0n) is 15.5. The Balaban J connectivity index is 1.20. The van der Waals surface area contributed by atoms with E-state index in [4.69, 9.17) is 0 Å². The lowest BCUT2D eigenvalue weighted by molar-refractivity contribution is -0.130. The monoisotopic (exact) mass is 375 g/mol. The van der Waals surface area contributed by atoms with E-state index in [1.807, 2.05) is 24.6 Å². The number of urea groups is 1. The fraction of sp³-hybridized carbons (Fsp3) is 0.700. The largest absolute Gasteiger partial charge is 0.341 e. The molecule has 0 radical (unpaired) electrons. The smallest absolute Gasteiger partial charge is 0.315 e. The van der Waals surface area contributed by atoms with E-state index in [-0.39, 0.29) is 17.5 Å². The molecule has 6 heteroatoms. The first-order valence-corrected chi connectivity index (χ1v) is 10.7. The Hall–Kier alpha value is -1.56. The predicted molar refractivity (Wildman–Crippen MR) is 103 cm³/mol. The number of nitrogens with one attached hydrogen (secondary N) is 2. The Morgan fingerprint density at radius 1 is 1.19 bits per heavy atom. The van der Waals surface area contributed by atoms with E-state index < -0.39 is 0 Å². The summed E-state index contributed by atoms with van der Waals surface area (Å²) >= 11 is 1.65. The molecule has 26 heavy (non-hydrogen) atoms. The second-order valence-corrected chi connectivity index (χ2v) is 9.69. The molecule has 1 heterocycles. The van der Waals surface area contributed by atoms with Gasteiger partial charge < -0.3 is 15.5 Å². The minimum Gasteiger partial charge on any atom is -0.341 e. The van der Waals surface area contributed by atoms with Gasteiger partial charge in [0, 0.05) is 30.4 Å². The number of nitrogens with zero attached hydrogens (tertiary/aromatic N) is 1. The molecule has 5 rings (SSSR count). The molecule has 4 fully saturated rings. The second kappa shape index (κ2) is 7.22. The maximum Gasteiger partial charge on any atom is 0.315 e. The molecule has 0 aromatic carbocycles. The molecule has 4 aliphatic rings. The Morgan fingerprint density at radius 3 is 2.42 bits per heavy atom. The fourth-order valence-corrected chi connectivity index (χ4v) is 6.50. The van der Waals surface area contributed by atoms with Crippen molar-refractivity contribution >= 4 is 23.3 Å². The van der Waals surface area contributed by atoms with Crippen molar-refractivity contribution < 1.29 is 9.59 Å². The summed E-state index contributed by atoms with van der Waals surface area (Å²) in [5, 5.41) is 8.22. The molecule has 4 aliphatic carbocycles. The highest BCUT2D eigenvalue weighted by Gasteiger charge is 2.51. The van der Waals surface area contributed by atoms with Crippen LogP contribution in [-0.4, -0.2) is 36.0 Å². The molecule has 0 aliphatic heterocycles. The van der Waals surface area contributed by atoms with Crippen molar-refractivity contribution in [2.24, 2.45) is 17.8 Å². The number of amides is 3. The van der Waals surface area contributed by atoms with Crippen molar-refractivity contribution in [1.29, 1.82) is 0 Å². The summed E-state index contributed by atoms with van der Waals surface area (Å²) in [5.74, 6) is 2.51. The highest BCUT2D eigenvalue weighted by atomic mass is 32.1. The zero-order valence-corrected chi connectivity index (χ0v) is 16.3. The topological polar surface area (TPSA) is 61.4 Å². The average molecular weight is 376 g/mol. The number of hydrogen-bond donors (Lipinski definition) is 2. The minimum atomic E-state index is -0.0966. The Labute approximate surface area is 159 Å². The number of hydrogen-bond acceptors (Lipinski definition) is 3. The second-order valence-electron chi connectivity index (χ2n) is 8.66. The van der Waals surface area contributed by atoms with Crippen LogP contribution in [0.4, 0.5) is 4.79 Å². The van der Waals surface area contributed by atoms with Crippen LogP contribution in [-0.2, 0) is 11.3 Å². The van der Waals surface area contributed by atoms with E-state index in [1.165, 1.54) is 24.1 Å². The number of rotatable bonds is 6. The number of thiophene rings is 1. The van der Waals surface area contributed by atoms with Crippen LogP contribution in [0.1, 0.15) is 49.8 Å². The van der Waals surface area contributed by atoms with Crippen LogP contribution in [0, 0.1) is 17.8 Å². The van der Waals surface area contributed by atoms with Crippen LogP contribution in [0.3, 0.4) is 0 Å². The molecular weight excluding hydrogens is 346 g/mol. The van der Waals surface area contributed by atoms with Gasteiger partial charge in [-0.15, -0.1) is 11.3 Å². The molecule has 0 spiro atoms. The summed E-state index contributed by atoms with van der Waals surface area (Å²) in [6.45, 7) is 1.03. The van der Waals surface area contributed by atoms with Crippen molar-refractivity contribution in [3.05, 3.63) is 22.4 Å². The van der Waals surface area contributed by atoms with Gasteiger partial charge in [-0.05, 0) is 67.7 Å². The molecule has 0 unspecified atom stereocenters. The molecule has 4 saturated carbocycles. The summed E-state index contributed by atoms with van der Waals surface area (Å²) in [6.07, 6.45) is 7.89. The van der Waals surface area contributed by atoms with Crippen molar-refractivity contribution in [2.75, 3.05) is 13.6 Å². The standard InChI is InChI=1S/C20H29N3O2S/c1-23(13-17-3-2-6-26-17)18(24)4-5-21-19(25)22-20-10-14-7-15(11-20)9-16(8-14)12-20/h2-3,6,14-16H,4-5,7-13H2,1H3,(H2,21,22,25). The van der Waals surface area contributed by atoms with Gasteiger partial charge in [-0.1, -0.05) is 6.07 Å². The van der Waals surface area contributed by atoms with Crippen molar-refractivity contribution in [2.45, 2.75) is 57.0 Å². The van der Waals surface area contributed by atoms with Gasteiger partial charge >= 0.3 is 6.03 Å². The average Bonchev–Trinajstić information content (AvgIpc) is 3.05. The third kappa shape index (κ3) is 3.90. The van der Waals surface area contributed by atoms with E-state index in [1.54, 1.807) is 16.2 Å². The summed E-state index contributed by atoms with van der Waals surface area (Å²) in [5.41, 5.74) is 0.0266. The lowest BCUT2D eigenvalue weighted by Gasteiger charge is -2.56. The molecule has 1 aromatic rings. The van der Waals surface area contributed by atoms with E-state index in [0.717, 1.165) is 37.0 Å². The van der Waals surface area contributed by atoms with Crippen molar-refractivity contribution in [3.8, 4) is 0 Å². The van der Waals surface area contributed by atoms with Crippen molar-refractivity contribution in [3.63, 3.8) is 0 Å². The third-order valence-electron chi connectivity index (χ3n) is 6.44. The summed E-state index contributed by atoms with van der Waals surface area (Å²) in [7, 11) is 1.82. The van der Waals surface area contributed by atoms with Crippen LogP contribution in [0.15, 0.2) is 17.5 Å². The van der Waals surface area contributed by atoms with Gasteiger partial charge in [0.1, 0.15) is 0 Å². The lowest BCUT2D eigenvalue weighted by Crippen LogP contribution is -2.61. The van der Waals surface area contributed by atoms with Crippen LogP contribution in [0.2, 0.25) is 0 Å². The van der Waals surface area contributed by atoms with Gasteiger partial charge in [0.25, 0.3) is 0 Å². The van der Waals surface area contributed by atoms with E-state index in [9.17, 15) is 9.59 Å². The normalized spacial score (nSPS) is 31.7. The molecule has 4 bridgehead atoms. The fourth-order valence-electron chi connectivity index (χ4n) is 5.75. The summed E-state index contributed by atoms with van der Waals surface area (Å²) in [4.78, 5) is 27.5. The lowest BCUT2D eigenvalue weighted by atomic mass is 9.53. The highest BCUT2D eigenvalue weighted by molar-refractivity contribution is 7.09. The maximum atomic E-state index is 12.4. The minimum absolute atomic E-state index is 0.0266. The molecule has 0 saturated heterocycles. The van der Waals surface area contributed by atoms with Crippen molar-refractivity contribution in [1.82, 2.24) is 15.5 Å². The first-order valence-electron chi connectivity index (χ1n) is 9.84. The predicted octanol–water partition coefficient (Wildman–Crippen LogP) is 3.36. The first kappa shape index (κ1) is 17.8. The Bertz CT molecular complexity index is 623. The van der Waals surface area contributed by atoms with Gasteiger partial charge in [0.15, 0.2) is 0 Å². The SMILES string of the molecule is CN(Cc1cccs1)C(=O)CCNC(=O)NC12CC3CC(CC(C3)C1)C2. The molecule has 3 amide bonds. The summed E-state index contributed by atoms with van der Waals surface area (Å²) in [6, 6.07) is 3.93. The molecule has 2 N–H and O–H groups in total. The van der Waals surface area contributed by atoms with Gasteiger partial charge in [-0.3, -0.25) is 4.79 Å². The van der Waals surface area contributed by atoms with E-state index >= 15 is 0 Å². The van der Waals surface area contributed by atoms with Gasteiger partial charge in [-0.25, -0.2) is 4.79 Å². The van der Waals surface area contributed by atoms with Gasteiger partial charge in [-0.2, -0.15) is 0 Å². The van der Waals surface area contributed by atoms with Crippen LogP contribution < -0.4 is 10.6 Å². The van der Waals surface area contributed by atoms with Crippen LogP contribution >= 0.6 is 11.3 Å². The molecule has 142 valence electrons. The molecular formula is C20H29N3O2S.